The molecule has 1 fully saturated rings. The number of benzene rings is 2. The van der Waals surface area contributed by atoms with Crippen LogP contribution in [-0.4, -0.2) is 41.1 Å². The van der Waals surface area contributed by atoms with E-state index in [1.807, 2.05) is 31.2 Å². The maximum absolute atomic E-state index is 15.1. The van der Waals surface area contributed by atoms with E-state index in [4.69, 9.17) is 4.74 Å². The van der Waals surface area contributed by atoms with Gasteiger partial charge < -0.3 is 20.7 Å². The van der Waals surface area contributed by atoms with Crippen LogP contribution in [0.5, 0.6) is 5.88 Å². The zero-order chi connectivity index (χ0) is 25.6. The number of aromatic nitrogens is 3. The number of fused-ring (bicyclic) bond motifs is 2. The number of carbonyl (C=O) groups is 1. The van der Waals surface area contributed by atoms with Crippen LogP contribution in [0.1, 0.15) is 30.4 Å². The molecule has 0 radical (unpaired) electrons. The molecular weight excluding hydrogens is 471 g/mol. The number of pyridine rings is 1. The van der Waals surface area contributed by atoms with Gasteiger partial charge in [-0.2, -0.15) is 0 Å². The average Bonchev–Trinajstić information content (AvgIpc) is 2.89. The first-order chi connectivity index (χ1) is 18.0. The van der Waals surface area contributed by atoms with Gasteiger partial charge in [-0.15, -0.1) is 0 Å². The second-order valence-electron chi connectivity index (χ2n) is 9.55. The lowest BCUT2D eigenvalue weighted by molar-refractivity contribution is -0.129. The fraction of sp³-hybridized carbons (Fsp3) is 0.286. The van der Waals surface area contributed by atoms with Crippen molar-refractivity contribution < 1.29 is 13.9 Å². The molecule has 3 N–H and O–H groups in total. The van der Waals surface area contributed by atoms with Crippen molar-refractivity contribution in [3.8, 4) is 17.0 Å². The first-order valence-corrected chi connectivity index (χ1v) is 12.4. The Kier molecular flexibility index (Phi) is 5.62. The summed E-state index contributed by atoms with van der Waals surface area (Å²) in [4.78, 5) is 25.9. The third kappa shape index (κ3) is 3.91. The van der Waals surface area contributed by atoms with Crippen LogP contribution < -0.4 is 20.7 Å². The summed E-state index contributed by atoms with van der Waals surface area (Å²) in [6, 6.07) is 11.0. The highest BCUT2D eigenvalue weighted by atomic mass is 19.1. The molecule has 2 aliphatic rings. The Morgan fingerprint density at radius 3 is 2.65 bits per heavy atom. The molecule has 8 nitrogen and oxygen atoms in total. The van der Waals surface area contributed by atoms with Crippen molar-refractivity contribution in [1.82, 2.24) is 20.3 Å². The van der Waals surface area contributed by atoms with Gasteiger partial charge in [0.2, 0.25) is 17.7 Å². The Bertz CT molecular complexity index is 1520. The van der Waals surface area contributed by atoms with Crippen molar-refractivity contribution in [2.75, 3.05) is 30.8 Å². The van der Waals surface area contributed by atoms with Crippen LogP contribution in [0.3, 0.4) is 0 Å². The molecule has 1 aliphatic carbocycles. The van der Waals surface area contributed by atoms with E-state index in [1.54, 1.807) is 25.5 Å². The predicted molar refractivity (Wildman–Crippen MR) is 141 cm³/mol. The summed E-state index contributed by atoms with van der Waals surface area (Å²) in [6.45, 7) is 3.15. The number of nitrogens with zero attached hydrogens (tertiary/aromatic N) is 3. The van der Waals surface area contributed by atoms with Crippen molar-refractivity contribution in [2.45, 2.75) is 31.6 Å². The highest BCUT2D eigenvalue weighted by molar-refractivity contribution is 5.89. The van der Waals surface area contributed by atoms with Crippen LogP contribution in [0.4, 0.5) is 21.7 Å². The molecule has 0 bridgehead atoms. The molecular formula is C28H27FN6O2. The summed E-state index contributed by atoms with van der Waals surface area (Å²) >= 11 is 0. The second-order valence-corrected chi connectivity index (χ2v) is 9.55. The molecule has 2 aromatic heterocycles. The van der Waals surface area contributed by atoms with E-state index >= 15 is 4.39 Å². The van der Waals surface area contributed by atoms with E-state index in [0.717, 1.165) is 41.8 Å². The first kappa shape index (κ1) is 23.1. The Morgan fingerprint density at radius 2 is 1.92 bits per heavy atom. The molecule has 0 spiro atoms. The minimum atomic E-state index is -0.432. The van der Waals surface area contributed by atoms with Crippen molar-refractivity contribution in [3.05, 3.63) is 65.7 Å². The minimum absolute atomic E-state index is 0.0630. The van der Waals surface area contributed by atoms with E-state index < -0.39 is 5.41 Å². The maximum atomic E-state index is 15.1. The number of rotatable bonds is 5. The molecule has 9 heteroatoms. The number of anilines is 3. The quantitative estimate of drug-likeness (QED) is 0.361. The summed E-state index contributed by atoms with van der Waals surface area (Å²) in [5, 5.41) is 9.92. The zero-order valence-electron chi connectivity index (χ0n) is 20.7. The largest absolute Gasteiger partial charge is 0.474 e. The number of amides is 1. The smallest absolute Gasteiger partial charge is 0.237 e. The fourth-order valence-corrected chi connectivity index (χ4v) is 5.23. The number of hydrogen-bond acceptors (Lipinski definition) is 7. The predicted octanol–water partition coefficient (Wildman–Crippen LogP) is 4.85. The molecule has 6 rings (SSSR count). The summed E-state index contributed by atoms with van der Waals surface area (Å²) < 4.78 is 20.7. The van der Waals surface area contributed by atoms with Gasteiger partial charge in [0.15, 0.2) is 0 Å². The van der Waals surface area contributed by atoms with E-state index in [9.17, 15) is 4.79 Å². The van der Waals surface area contributed by atoms with Crippen molar-refractivity contribution in [2.24, 2.45) is 0 Å². The van der Waals surface area contributed by atoms with Gasteiger partial charge in [-0.25, -0.2) is 19.3 Å². The Morgan fingerprint density at radius 1 is 1.11 bits per heavy atom. The number of carbonyl (C=O) groups excluding carboxylic acids is 1. The molecule has 0 saturated heterocycles. The van der Waals surface area contributed by atoms with Gasteiger partial charge in [0.25, 0.3) is 0 Å². The molecule has 1 amide bonds. The third-order valence-electron chi connectivity index (χ3n) is 7.47. The monoisotopic (exact) mass is 498 g/mol. The number of halogens is 1. The molecule has 0 unspecified atom stereocenters. The summed E-state index contributed by atoms with van der Waals surface area (Å²) in [5.41, 5.74) is 4.75. The lowest BCUT2D eigenvalue weighted by atomic mass is 9.64. The van der Waals surface area contributed by atoms with Crippen LogP contribution in [0.15, 0.2) is 48.8 Å². The van der Waals surface area contributed by atoms with Gasteiger partial charge in [-0.1, -0.05) is 18.6 Å². The molecule has 0 atom stereocenters. The van der Waals surface area contributed by atoms with Crippen LogP contribution in [-0.2, 0) is 10.2 Å². The number of hydrogen-bond donors (Lipinski definition) is 3. The Hall–Kier alpha value is -4.27. The number of ether oxygens (including phenoxy) is 1. The van der Waals surface area contributed by atoms with Crippen molar-refractivity contribution in [1.29, 1.82) is 0 Å². The zero-order valence-corrected chi connectivity index (χ0v) is 20.7. The van der Waals surface area contributed by atoms with E-state index in [2.05, 4.69) is 30.9 Å². The lowest BCUT2D eigenvalue weighted by Gasteiger charge is -2.40. The van der Waals surface area contributed by atoms with Crippen LogP contribution >= 0.6 is 0 Å². The van der Waals surface area contributed by atoms with Crippen molar-refractivity contribution in [3.63, 3.8) is 0 Å². The molecule has 1 saturated carbocycles. The lowest BCUT2D eigenvalue weighted by Crippen LogP contribution is -2.48. The molecule has 37 heavy (non-hydrogen) atoms. The van der Waals surface area contributed by atoms with Gasteiger partial charge in [-0.05, 0) is 55.2 Å². The highest BCUT2D eigenvalue weighted by Gasteiger charge is 2.44. The van der Waals surface area contributed by atoms with Crippen LogP contribution in [0.25, 0.3) is 22.0 Å². The SMILES string of the molecule is CNC(=O)C1(c2ccc(Nc3ncc4cc(F)c(-c5cnc6c(c5C)NCCO6)cc4n3)cc2)CCC1. The van der Waals surface area contributed by atoms with E-state index in [-0.39, 0.29) is 11.7 Å². The summed E-state index contributed by atoms with van der Waals surface area (Å²) in [6.07, 6.45) is 6.00. The maximum Gasteiger partial charge on any atom is 0.237 e. The van der Waals surface area contributed by atoms with Crippen LogP contribution in [0.2, 0.25) is 0 Å². The topological polar surface area (TPSA) is 101 Å². The van der Waals surface area contributed by atoms with Gasteiger partial charge >= 0.3 is 0 Å². The van der Waals surface area contributed by atoms with Gasteiger partial charge in [0, 0.05) is 48.2 Å². The second kappa shape index (κ2) is 8.99. The third-order valence-corrected chi connectivity index (χ3v) is 7.47. The summed E-state index contributed by atoms with van der Waals surface area (Å²) in [5.74, 6) is 0.632. The number of nitrogens with one attached hydrogen (secondary N) is 3. The van der Waals surface area contributed by atoms with Gasteiger partial charge in [0.05, 0.1) is 10.9 Å². The molecule has 4 aromatic rings. The summed E-state index contributed by atoms with van der Waals surface area (Å²) in [7, 11) is 1.68. The minimum Gasteiger partial charge on any atom is -0.474 e. The van der Waals surface area contributed by atoms with Gasteiger partial charge in [-0.3, -0.25) is 4.79 Å². The Labute approximate surface area is 213 Å². The molecule has 188 valence electrons. The highest BCUT2D eigenvalue weighted by Crippen LogP contribution is 2.44. The van der Waals surface area contributed by atoms with E-state index in [0.29, 0.717) is 47.0 Å². The molecule has 3 heterocycles. The van der Waals surface area contributed by atoms with Crippen LogP contribution in [0, 0.1) is 12.7 Å². The average molecular weight is 499 g/mol. The number of likely N-dealkylation sites (N-methyl/N-ethyl adjacent to an activating group) is 1. The standard InChI is InChI=1S/C28H27FN6O2/c1-16-21(15-32-25-24(16)31-10-11-37-25)20-13-23-17(12-22(20)29)14-33-27(35-23)34-19-6-4-18(5-7-19)28(8-3-9-28)26(36)30-2/h4-7,12-15,31H,3,8-11H2,1-2H3,(H,30,36)(H,33,34,35). The normalized spacial score (nSPS) is 15.6. The fourth-order valence-electron chi connectivity index (χ4n) is 5.23. The van der Waals surface area contributed by atoms with Gasteiger partial charge in [0.1, 0.15) is 18.1 Å². The first-order valence-electron chi connectivity index (χ1n) is 12.4. The van der Waals surface area contributed by atoms with Crippen molar-refractivity contribution >= 4 is 34.1 Å². The van der Waals surface area contributed by atoms with E-state index in [1.165, 1.54) is 6.07 Å². The molecule has 2 aromatic carbocycles. The molecule has 1 aliphatic heterocycles. The Balaban J connectivity index is 1.30.